The molecule has 0 saturated heterocycles. The number of alkyl carbamates (subject to hydrolysis) is 1. The van der Waals surface area contributed by atoms with Crippen LogP contribution in [0.1, 0.15) is 89.5 Å². The van der Waals surface area contributed by atoms with E-state index in [4.69, 9.17) is 14.5 Å². The molecule has 0 saturated carbocycles. The molecule has 0 aliphatic carbocycles. The van der Waals surface area contributed by atoms with Gasteiger partial charge in [-0.3, -0.25) is 4.57 Å². The molecule has 1 amide bonds. The highest BCUT2D eigenvalue weighted by Gasteiger charge is 2.19. The highest BCUT2D eigenvalue weighted by atomic mass is 31.2. The van der Waals surface area contributed by atoms with Crippen LogP contribution in [0.5, 0.6) is 0 Å². The van der Waals surface area contributed by atoms with E-state index < -0.39 is 13.7 Å². The molecule has 0 fully saturated rings. The number of rotatable bonds is 17. The van der Waals surface area contributed by atoms with E-state index in [1.165, 1.54) is 44.9 Å². The molecule has 1 atom stereocenters. The predicted octanol–water partition coefficient (Wildman–Crippen LogP) is 6.16. The van der Waals surface area contributed by atoms with E-state index in [-0.39, 0.29) is 25.2 Å². The molecule has 1 aromatic carbocycles. The standard InChI is InChI=1S/C23H40NO5P/c1-2-3-4-5-6-7-8-9-10-14-17-22(18-19-30(26,27)28)24-23(25)29-20-21-15-12-11-13-16-21/h11-13,15-16,22H,2-10,14,17-20H2,1H3,(H,24,25)(H2,26,27,28). The van der Waals surface area contributed by atoms with Crippen LogP contribution in [0.25, 0.3) is 0 Å². The maximum Gasteiger partial charge on any atom is 0.407 e. The number of nitrogens with one attached hydrogen (secondary N) is 1. The first-order valence-electron chi connectivity index (χ1n) is 11.4. The number of ether oxygens (including phenoxy) is 1. The van der Waals surface area contributed by atoms with Crippen molar-refractivity contribution in [2.45, 2.75) is 96.6 Å². The molecule has 0 aromatic heterocycles. The molecule has 3 N–H and O–H groups in total. The molecule has 0 radical (unpaired) electrons. The Bertz CT molecular complexity index is 605. The van der Waals surface area contributed by atoms with Gasteiger partial charge in [0.15, 0.2) is 0 Å². The van der Waals surface area contributed by atoms with Crippen LogP contribution in [0.3, 0.4) is 0 Å². The molecule has 0 spiro atoms. The van der Waals surface area contributed by atoms with Gasteiger partial charge in [-0.25, -0.2) is 4.79 Å². The molecule has 0 bridgehead atoms. The summed E-state index contributed by atoms with van der Waals surface area (Å²) in [4.78, 5) is 30.4. The van der Waals surface area contributed by atoms with Crippen LogP contribution in [0.2, 0.25) is 0 Å². The van der Waals surface area contributed by atoms with Crippen molar-refractivity contribution in [3.8, 4) is 0 Å². The third-order valence-electron chi connectivity index (χ3n) is 5.21. The van der Waals surface area contributed by atoms with Gasteiger partial charge in [0.1, 0.15) is 6.61 Å². The van der Waals surface area contributed by atoms with Crippen LogP contribution in [0.4, 0.5) is 4.79 Å². The fraction of sp³-hybridized carbons (Fsp3) is 0.696. The van der Waals surface area contributed by atoms with Crippen LogP contribution in [0, 0.1) is 0 Å². The average molecular weight is 442 g/mol. The second kappa shape index (κ2) is 16.3. The zero-order valence-electron chi connectivity index (χ0n) is 18.4. The summed E-state index contributed by atoms with van der Waals surface area (Å²) in [6, 6.07) is 9.13. The van der Waals surface area contributed by atoms with Crippen LogP contribution in [0.15, 0.2) is 30.3 Å². The quantitative estimate of drug-likeness (QED) is 0.199. The fourth-order valence-electron chi connectivity index (χ4n) is 3.42. The van der Waals surface area contributed by atoms with Gasteiger partial charge in [0.05, 0.1) is 6.16 Å². The van der Waals surface area contributed by atoms with Crippen LogP contribution in [-0.2, 0) is 15.9 Å². The third kappa shape index (κ3) is 15.5. The molecule has 1 unspecified atom stereocenters. The lowest BCUT2D eigenvalue weighted by Crippen LogP contribution is -2.35. The van der Waals surface area contributed by atoms with Gasteiger partial charge in [-0.05, 0) is 18.4 Å². The predicted molar refractivity (Wildman–Crippen MR) is 122 cm³/mol. The van der Waals surface area contributed by atoms with Gasteiger partial charge in [-0.15, -0.1) is 0 Å². The van der Waals surface area contributed by atoms with Crippen molar-refractivity contribution < 1.29 is 23.9 Å². The molecule has 1 rings (SSSR count). The topological polar surface area (TPSA) is 95.9 Å². The number of carbonyl (C=O) groups is 1. The maximum absolute atomic E-state index is 12.1. The minimum Gasteiger partial charge on any atom is -0.445 e. The molecule has 7 heteroatoms. The molecule has 0 aliphatic rings. The minimum atomic E-state index is -4.08. The number of benzene rings is 1. The monoisotopic (exact) mass is 441 g/mol. The van der Waals surface area contributed by atoms with E-state index in [0.717, 1.165) is 24.8 Å². The van der Waals surface area contributed by atoms with Crippen molar-refractivity contribution in [2.24, 2.45) is 0 Å². The van der Waals surface area contributed by atoms with E-state index in [0.29, 0.717) is 6.42 Å². The highest BCUT2D eigenvalue weighted by molar-refractivity contribution is 7.51. The molecule has 0 aliphatic heterocycles. The van der Waals surface area contributed by atoms with E-state index >= 15 is 0 Å². The SMILES string of the molecule is CCCCCCCCCCCCC(CCP(=O)(O)O)NC(=O)OCc1ccccc1. The lowest BCUT2D eigenvalue weighted by atomic mass is 10.0. The zero-order chi connectivity index (χ0) is 22.1. The Kier molecular flexibility index (Phi) is 14.5. The van der Waals surface area contributed by atoms with Gasteiger partial charge in [-0.1, -0.05) is 101 Å². The molecule has 1 aromatic rings. The van der Waals surface area contributed by atoms with Gasteiger partial charge in [-0.2, -0.15) is 0 Å². The number of unbranched alkanes of at least 4 members (excludes halogenated alkanes) is 9. The van der Waals surface area contributed by atoms with Crippen LogP contribution >= 0.6 is 7.60 Å². The number of hydrogen-bond acceptors (Lipinski definition) is 3. The summed E-state index contributed by atoms with van der Waals surface area (Å²) >= 11 is 0. The van der Waals surface area contributed by atoms with E-state index in [9.17, 15) is 9.36 Å². The largest absolute Gasteiger partial charge is 0.445 e. The smallest absolute Gasteiger partial charge is 0.407 e. The first-order chi connectivity index (χ1) is 14.4. The van der Waals surface area contributed by atoms with Gasteiger partial charge < -0.3 is 19.8 Å². The Labute approximate surface area is 182 Å². The lowest BCUT2D eigenvalue weighted by Gasteiger charge is -2.19. The summed E-state index contributed by atoms with van der Waals surface area (Å²) in [6.45, 7) is 2.40. The van der Waals surface area contributed by atoms with Gasteiger partial charge in [0.2, 0.25) is 0 Å². The Morgan fingerprint density at radius 1 is 0.933 bits per heavy atom. The summed E-state index contributed by atoms with van der Waals surface area (Å²) in [6.07, 6.45) is 12.4. The van der Waals surface area contributed by atoms with Crippen molar-refractivity contribution in [3.63, 3.8) is 0 Å². The van der Waals surface area contributed by atoms with Gasteiger partial charge in [0.25, 0.3) is 0 Å². The molecular formula is C23H40NO5P. The lowest BCUT2D eigenvalue weighted by molar-refractivity contribution is 0.134. The highest BCUT2D eigenvalue weighted by Crippen LogP contribution is 2.35. The van der Waals surface area contributed by atoms with E-state index in [2.05, 4.69) is 12.2 Å². The van der Waals surface area contributed by atoms with Crippen LogP contribution < -0.4 is 5.32 Å². The Balaban J connectivity index is 2.26. The van der Waals surface area contributed by atoms with Crippen molar-refractivity contribution in [3.05, 3.63) is 35.9 Å². The fourth-order valence-corrected chi connectivity index (χ4v) is 4.07. The van der Waals surface area contributed by atoms with E-state index in [1.807, 2.05) is 30.3 Å². The van der Waals surface area contributed by atoms with Gasteiger partial charge >= 0.3 is 13.7 Å². The Hall–Kier alpha value is -1.36. The maximum atomic E-state index is 12.1. The first kappa shape index (κ1) is 26.7. The van der Waals surface area contributed by atoms with Crippen molar-refractivity contribution in [1.29, 1.82) is 0 Å². The van der Waals surface area contributed by atoms with E-state index in [1.54, 1.807) is 0 Å². The number of amides is 1. The Morgan fingerprint density at radius 3 is 2.07 bits per heavy atom. The van der Waals surface area contributed by atoms with Gasteiger partial charge in [0, 0.05) is 6.04 Å². The third-order valence-corrected chi connectivity index (χ3v) is 6.05. The molecule has 30 heavy (non-hydrogen) atoms. The second-order valence-corrected chi connectivity index (χ2v) is 9.83. The molecule has 0 heterocycles. The van der Waals surface area contributed by atoms with Crippen molar-refractivity contribution in [1.82, 2.24) is 5.32 Å². The average Bonchev–Trinajstić information content (AvgIpc) is 2.72. The summed E-state index contributed by atoms with van der Waals surface area (Å²) in [5.41, 5.74) is 0.897. The molecule has 172 valence electrons. The van der Waals surface area contributed by atoms with Crippen molar-refractivity contribution >= 4 is 13.7 Å². The summed E-state index contributed by atoms with van der Waals surface area (Å²) in [7, 11) is -4.08. The van der Waals surface area contributed by atoms with Crippen molar-refractivity contribution in [2.75, 3.05) is 6.16 Å². The molecule has 6 nitrogen and oxygen atoms in total. The van der Waals surface area contributed by atoms with Crippen LogP contribution in [-0.4, -0.2) is 28.1 Å². The first-order valence-corrected chi connectivity index (χ1v) is 13.2. The second-order valence-electron chi connectivity index (χ2n) is 8.05. The number of hydrogen-bond donors (Lipinski definition) is 3. The molecular weight excluding hydrogens is 401 g/mol. The number of carbonyl (C=O) groups excluding carboxylic acids is 1. The summed E-state index contributed by atoms with van der Waals surface area (Å²) in [5.74, 6) is 0. The zero-order valence-corrected chi connectivity index (χ0v) is 19.3. The minimum absolute atomic E-state index is 0.177. The summed E-state index contributed by atoms with van der Waals surface area (Å²) in [5, 5.41) is 2.79. The summed E-state index contributed by atoms with van der Waals surface area (Å²) < 4.78 is 16.5. The Morgan fingerprint density at radius 2 is 1.50 bits per heavy atom. The normalized spacial score (nSPS) is 12.5.